The van der Waals surface area contributed by atoms with Crippen molar-refractivity contribution in [3.05, 3.63) is 118 Å². The summed E-state index contributed by atoms with van der Waals surface area (Å²) in [5.41, 5.74) is 2.60. The molecule has 0 aliphatic rings. The highest BCUT2D eigenvalue weighted by atomic mass is 16.9. The molecule has 0 saturated heterocycles. The Labute approximate surface area is 169 Å². The Morgan fingerprint density at radius 3 is 1.21 bits per heavy atom. The van der Waals surface area contributed by atoms with Gasteiger partial charge in [-0.2, -0.15) is 0 Å². The summed E-state index contributed by atoms with van der Waals surface area (Å²) in [4.78, 5) is 10.9. The van der Waals surface area contributed by atoms with Crippen molar-refractivity contribution >= 4 is 0 Å². The lowest BCUT2D eigenvalue weighted by Crippen LogP contribution is -2.45. The number of rotatable bonds is 11. The zero-order chi connectivity index (χ0) is 20.4. The highest BCUT2D eigenvalue weighted by molar-refractivity contribution is 5.15. The van der Waals surface area contributed by atoms with E-state index >= 15 is 0 Å². The minimum Gasteiger partial charge on any atom is -0.317 e. The van der Waals surface area contributed by atoms with Crippen molar-refractivity contribution in [3.63, 3.8) is 0 Å². The van der Waals surface area contributed by atoms with Crippen LogP contribution in [-0.2, 0) is 34.0 Å². The van der Waals surface area contributed by atoms with E-state index in [4.69, 9.17) is 14.2 Å². The molecule has 150 valence electrons. The zero-order valence-electron chi connectivity index (χ0n) is 16.0. The van der Waals surface area contributed by atoms with Crippen molar-refractivity contribution in [3.8, 4) is 0 Å². The topological polar surface area (TPSA) is 70.8 Å². The van der Waals surface area contributed by atoms with Crippen LogP contribution in [0.2, 0.25) is 0 Å². The van der Waals surface area contributed by atoms with Crippen LogP contribution in [0.4, 0.5) is 0 Å². The van der Waals surface area contributed by atoms with Crippen molar-refractivity contribution in [2.75, 3.05) is 6.54 Å². The van der Waals surface area contributed by atoms with Crippen LogP contribution in [0.3, 0.4) is 0 Å². The first-order valence-corrected chi connectivity index (χ1v) is 9.31. The van der Waals surface area contributed by atoms with E-state index in [1.165, 1.54) is 0 Å². The Kier molecular flexibility index (Phi) is 7.47. The SMILES string of the molecule is O=[N+]([O-])CC(OCc1ccccc1)(OCc1ccccc1)OCc1ccccc1. The third kappa shape index (κ3) is 6.80. The fraction of sp³-hybridized carbons (Fsp3) is 0.217. The fourth-order valence-corrected chi connectivity index (χ4v) is 2.72. The summed E-state index contributed by atoms with van der Waals surface area (Å²) in [6, 6.07) is 28.2. The summed E-state index contributed by atoms with van der Waals surface area (Å²) in [6.45, 7) is -0.270. The molecule has 0 aliphatic carbocycles. The smallest absolute Gasteiger partial charge is 0.317 e. The standard InChI is InChI=1S/C23H23NO5/c25-24(26)19-23(27-16-20-10-4-1-5-11-20,28-17-21-12-6-2-7-13-21)29-18-22-14-8-3-9-15-22/h1-15H,16-19H2. The van der Waals surface area contributed by atoms with Gasteiger partial charge in [-0.05, 0) is 16.7 Å². The molecular formula is C23H23NO5. The molecule has 0 heterocycles. The van der Waals surface area contributed by atoms with Gasteiger partial charge in [0.15, 0.2) is 0 Å². The van der Waals surface area contributed by atoms with Crippen LogP contribution in [0, 0.1) is 10.1 Å². The number of ether oxygens (including phenoxy) is 3. The van der Waals surface area contributed by atoms with Crippen molar-refractivity contribution in [1.82, 2.24) is 0 Å². The Morgan fingerprint density at radius 2 is 0.931 bits per heavy atom. The average molecular weight is 393 g/mol. The molecule has 0 aliphatic heterocycles. The number of nitro groups is 1. The first-order valence-electron chi connectivity index (χ1n) is 9.31. The molecule has 0 unspecified atom stereocenters. The second-order valence-corrected chi connectivity index (χ2v) is 6.50. The van der Waals surface area contributed by atoms with Crippen LogP contribution in [0.1, 0.15) is 16.7 Å². The van der Waals surface area contributed by atoms with Gasteiger partial charge in [-0.3, -0.25) is 10.1 Å². The summed E-state index contributed by atoms with van der Waals surface area (Å²) in [6.07, 6.45) is 0. The normalized spacial score (nSPS) is 11.3. The van der Waals surface area contributed by atoms with Crippen LogP contribution >= 0.6 is 0 Å². The third-order valence-electron chi connectivity index (χ3n) is 4.23. The predicted molar refractivity (Wildman–Crippen MR) is 108 cm³/mol. The summed E-state index contributed by atoms with van der Waals surface area (Å²) in [5, 5.41) is 11.4. The van der Waals surface area contributed by atoms with E-state index in [1.807, 2.05) is 91.0 Å². The lowest BCUT2D eigenvalue weighted by molar-refractivity contribution is -0.561. The lowest BCUT2D eigenvalue weighted by atomic mass is 10.2. The maximum Gasteiger partial charge on any atom is 0.352 e. The summed E-state index contributed by atoms with van der Waals surface area (Å²) < 4.78 is 17.7. The quantitative estimate of drug-likeness (QED) is 0.271. The van der Waals surface area contributed by atoms with Crippen molar-refractivity contribution < 1.29 is 19.1 Å². The zero-order valence-corrected chi connectivity index (χ0v) is 16.0. The average Bonchev–Trinajstić information content (AvgIpc) is 2.76. The van der Waals surface area contributed by atoms with Gasteiger partial charge in [0.25, 0.3) is 6.54 Å². The number of nitrogens with zero attached hydrogens (tertiary/aromatic N) is 1. The Morgan fingerprint density at radius 1 is 0.621 bits per heavy atom. The molecular weight excluding hydrogens is 370 g/mol. The number of hydrogen-bond donors (Lipinski definition) is 0. The third-order valence-corrected chi connectivity index (χ3v) is 4.23. The molecule has 0 atom stereocenters. The molecule has 29 heavy (non-hydrogen) atoms. The largest absolute Gasteiger partial charge is 0.352 e. The van der Waals surface area contributed by atoms with E-state index in [0.717, 1.165) is 16.7 Å². The number of benzene rings is 3. The van der Waals surface area contributed by atoms with Crippen LogP contribution in [-0.4, -0.2) is 17.4 Å². The van der Waals surface area contributed by atoms with E-state index in [-0.39, 0.29) is 19.8 Å². The highest BCUT2D eigenvalue weighted by Crippen LogP contribution is 2.23. The minimum atomic E-state index is -1.81. The highest BCUT2D eigenvalue weighted by Gasteiger charge is 2.40. The van der Waals surface area contributed by atoms with E-state index in [1.54, 1.807) is 0 Å². The summed E-state index contributed by atoms with van der Waals surface area (Å²) >= 11 is 0. The van der Waals surface area contributed by atoms with Crippen LogP contribution in [0.5, 0.6) is 0 Å². The van der Waals surface area contributed by atoms with Gasteiger partial charge in [0.05, 0.1) is 19.8 Å². The van der Waals surface area contributed by atoms with Crippen molar-refractivity contribution in [2.45, 2.75) is 25.8 Å². The predicted octanol–water partition coefficient (Wildman–Crippen LogP) is 4.57. The molecule has 0 spiro atoms. The summed E-state index contributed by atoms with van der Waals surface area (Å²) in [5.74, 6) is -1.81. The molecule has 3 aromatic carbocycles. The maximum absolute atomic E-state index is 11.4. The first kappa shape index (κ1) is 20.7. The van der Waals surface area contributed by atoms with E-state index in [9.17, 15) is 10.1 Å². The maximum atomic E-state index is 11.4. The molecule has 0 aromatic heterocycles. The first-order chi connectivity index (χ1) is 14.2. The monoisotopic (exact) mass is 393 g/mol. The van der Waals surface area contributed by atoms with Gasteiger partial charge in [0, 0.05) is 4.92 Å². The second kappa shape index (κ2) is 10.5. The Balaban J connectivity index is 1.78. The summed E-state index contributed by atoms with van der Waals surface area (Å²) in [7, 11) is 0. The molecule has 0 N–H and O–H groups in total. The van der Waals surface area contributed by atoms with Gasteiger partial charge in [-0.15, -0.1) is 0 Å². The molecule has 0 saturated carbocycles. The molecule has 3 rings (SSSR count). The van der Waals surface area contributed by atoms with E-state index in [0.29, 0.717) is 0 Å². The second-order valence-electron chi connectivity index (χ2n) is 6.50. The van der Waals surface area contributed by atoms with Gasteiger partial charge in [-0.1, -0.05) is 91.0 Å². The molecule has 0 bridgehead atoms. The molecule has 0 amide bonds. The molecule has 0 radical (unpaired) electrons. The molecule has 6 nitrogen and oxygen atoms in total. The van der Waals surface area contributed by atoms with E-state index < -0.39 is 17.4 Å². The van der Waals surface area contributed by atoms with E-state index in [2.05, 4.69) is 0 Å². The lowest BCUT2D eigenvalue weighted by Gasteiger charge is -2.30. The van der Waals surface area contributed by atoms with Gasteiger partial charge in [-0.25, -0.2) is 0 Å². The van der Waals surface area contributed by atoms with Crippen LogP contribution in [0.25, 0.3) is 0 Å². The van der Waals surface area contributed by atoms with Crippen LogP contribution < -0.4 is 0 Å². The van der Waals surface area contributed by atoms with Gasteiger partial charge in [0.1, 0.15) is 0 Å². The van der Waals surface area contributed by atoms with Gasteiger partial charge in [0.2, 0.25) is 0 Å². The Bertz CT molecular complexity index is 765. The van der Waals surface area contributed by atoms with Crippen molar-refractivity contribution in [1.29, 1.82) is 0 Å². The van der Waals surface area contributed by atoms with Crippen LogP contribution in [0.15, 0.2) is 91.0 Å². The molecule has 0 fully saturated rings. The molecule has 6 heteroatoms. The Hall–Kier alpha value is -3.06. The van der Waals surface area contributed by atoms with Gasteiger partial charge < -0.3 is 14.2 Å². The van der Waals surface area contributed by atoms with Gasteiger partial charge >= 0.3 is 5.97 Å². The number of hydrogen-bond acceptors (Lipinski definition) is 5. The van der Waals surface area contributed by atoms with Crippen molar-refractivity contribution in [2.24, 2.45) is 0 Å². The fourth-order valence-electron chi connectivity index (χ4n) is 2.72. The molecule has 3 aromatic rings. The minimum absolute atomic E-state index is 0.123.